The Morgan fingerprint density at radius 1 is 1.42 bits per heavy atom. The molecule has 3 heteroatoms. The van der Waals surface area contributed by atoms with Gasteiger partial charge in [-0.15, -0.1) is 0 Å². The van der Waals surface area contributed by atoms with Gasteiger partial charge in [-0.3, -0.25) is 4.79 Å². The van der Waals surface area contributed by atoms with Crippen LogP contribution in [0.15, 0.2) is 18.2 Å². The van der Waals surface area contributed by atoms with Crippen LogP contribution in [0.1, 0.15) is 55.5 Å². The molecule has 0 spiro atoms. The van der Waals surface area contributed by atoms with Crippen molar-refractivity contribution in [2.75, 3.05) is 0 Å². The summed E-state index contributed by atoms with van der Waals surface area (Å²) in [5, 5.41) is 12.5. The summed E-state index contributed by atoms with van der Waals surface area (Å²) in [5.41, 5.74) is 1.79. The van der Waals surface area contributed by atoms with E-state index in [4.69, 9.17) is 0 Å². The van der Waals surface area contributed by atoms with Gasteiger partial charge in [-0.05, 0) is 55.4 Å². The van der Waals surface area contributed by atoms with Crippen LogP contribution in [0, 0.1) is 12.3 Å². The van der Waals surface area contributed by atoms with Crippen molar-refractivity contribution in [1.29, 1.82) is 0 Å². The molecule has 2 rings (SSSR count). The number of carbonyl (C=O) groups is 1. The van der Waals surface area contributed by atoms with Gasteiger partial charge in [0.2, 0.25) is 0 Å². The van der Waals surface area contributed by atoms with Crippen LogP contribution in [-0.4, -0.2) is 17.1 Å². The molecule has 104 valence electrons. The third-order valence-corrected chi connectivity index (χ3v) is 3.99. The Hall–Kier alpha value is -1.51. The molecule has 0 heterocycles. The van der Waals surface area contributed by atoms with Crippen LogP contribution in [0.5, 0.6) is 5.75 Å². The van der Waals surface area contributed by atoms with Crippen molar-refractivity contribution in [2.24, 2.45) is 5.41 Å². The highest BCUT2D eigenvalue weighted by Gasteiger charge is 2.29. The Kier molecular flexibility index (Phi) is 3.83. The lowest BCUT2D eigenvalue weighted by molar-refractivity contribution is 0.0902. The van der Waals surface area contributed by atoms with E-state index in [0.717, 1.165) is 18.4 Å². The van der Waals surface area contributed by atoms with Crippen LogP contribution in [0.2, 0.25) is 0 Å². The average Bonchev–Trinajstić information content (AvgIpc) is 2.27. The molecule has 0 aromatic heterocycles. The first kappa shape index (κ1) is 13.9. The van der Waals surface area contributed by atoms with Crippen molar-refractivity contribution in [3.8, 4) is 5.75 Å². The highest BCUT2D eigenvalue weighted by atomic mass is 16.3. The molecule has 1 fully saturated rings. The summed E-state index contributed by atoms with van der Waals surface area (Å²) in [6.45, 7) is 6.37. The predicted molar refractivity (Wildman–Crippen MR) is 76.3 cm³/mol. The van der Waals surface area contributed by atoms with E-state index in [2.05, 4.69) is 19.2 Å². The summed E-state index contributed by atoms with van der Waals surface area (Å²) < 4.78 is 0. The van der Waals surface area contributed by atoms with Crippen LogP contribution < -0.4 is 5.32 Å². The maximum atomic E-state index is 12.3. The number of hydrogen-bond acceptors (Lipinski definition) is 2. The Balaban J connectivity index is 2.04. The summed E-state index contributed by atoms with van der Waals surface area (Å²) in [4.78, 5) is 12.3. The van der Waals surface area contributed by atoms with E-state index in [1.807, 2.05) is 6.92 Å². The van der Waals surface area contributed by atoms with E-state index in [0.29, 0.717) is 11.0 Å². The van der Waals surface area contributed by atoms with E-state index in [1.54, 1.807) is 18.2 Å². The Bertz CT molecular complexity index is 480. The molecule has 3 nitrogen and oxygen atoms in total. The predicted octanol–water partition coefficient (Wildman–Crippen LogP) is 3.40. The third kappa shape index (κ3) is 3.49. The molecule has 0 bridgehead atoms. The maximum absolute atomic E-state index is 12.3. The summed E-state index contributed by atoms with van der Waals surface area (Å²) in [5.74, 6) is 0.174. The first-order chi connectivity index (χ1) is 8.87. The number of phenolic OH excluding ortho intramolecular Hbond substituents is 1. The van der Waals surface area contributed by atoms with Gasteiger partial charge in [-0.25, -0.2) is 0 Å². The van der Waals surface area contributed by atoms with Gasteiger partial charge < -0.3 is 10.4 Å². The second-order valence-electron chi connectivity index (χ2n) is 6.43. The number of amides is 1. The minimum atomic E-state index is -0.0276. The van der Waals surface area contributed by atoms with Crippen molar-refractivity contribution < 1.29 is 9.90 Å². The molecule has 0 radical (unpaired) electrons. The number of rotatable bonds is 2. The molecule has 1 aromatic rings. The third-order valence-electron chi connectivity index (χ3n) is 3.99. The van der Waals surface area contributed by atoms with Gasteiger partial charge >= 0.3 is 0 Å². The lowest BCUT2D eigenvalue weighted by Gasteiger charge is -2.35. The molecule has 1 aliphatic rings. The van der Waals surface area contributed by atoms with Crippen molar-refractivity contribution in [1.82, 2.24) is 5.32 Å². The van der Waals surface area contributed by atoms with Gasteiger partial charge in [-0.1, -0.05) is 20.3 Å². The average molecular weight is 261 g/mol. The molecule has 1 amide bonds. The molecule has 1 atom stereocenters. The van der Waals surface area contributed by atoms with Crippen LogP contribution in [0.4, 0.5) is 0 Å². The normalized spacial score (nSPS) is 21.9. The summed E-state index contributed by atoms with van der Waals surface area (Å²) in [6.07, 6.45) is 4.51. The monoisotopic (exact) mass is 261 g/mol. The maximum Gasteiger partial charge on any atom is 0.251 e. The zero-order chi connectivity index (χ0) is 14.0. The summed E-state index contributed by atoms with van der Waals surface area (Å²) in [6, 6.07) is 5.14. The molecule has 1 unspecified atom stereocenters. The van der Waals surface area contributed by atoms with Gasteiger partial charge in [0.05, 0.1) is 0 Å². The van der Waals surface area contributed by atoms with Gasteiger partial charge in [-0.2, -0.15) is 0 Å². The largest absolute Gasteiger partial charge is 0.508 e. The first-order valence-corrected chi connectivity index (χ1v) is 6.98. The molecular formula is C16H23NO2. The Morgan fingerprint density at radius 2 is 2.16 bits per heavy atom. The van der Waals surface area contributed by atoms with E-state index in [-0.39, 0.29) is 17.7 Å². The molecule has 2 N–H and O–H groups in total. The van der Waals surface area contributed by atoms with Crippen molar-refractivity contribution in [3.05, 3.63) is 29.3 Å². The fraction of sp³-hybridized carbons (Fsp3) is 0.562. The molecular weight excluding hydrogens is 238 g/mol. The topological polar surface area (TPSA) is 49.3 Å². The van der Waals surface area contributed by atoms with Crippen LogP contribution in [0.25, 0.3) is 0 Å². The van der Waals surface area contributed by atoms with Crippen molar-refractivity contribution in [3.63, 3.8) is 0 Å². The highest BCUT2D eigenvalue weighted by molar-refractivity contribution is 5.96. The molecule has 1 saturated carbocycles. The Labute approximate surface area is 115 Å². The number of phenols is 1. The van der Waals surface area contributed by atoms with Crippen molar-refractivity contribution >= 4 is 5.91 Å². The number of aryl methyl sites for hydroxylation is 1. The summed E-state index contributed by atoms with van der Waals surface area (Å²) in [7, 11) is 0. The number of hydrogen-bond donors (Lipinski definition) is 2. The fourth-order valence-electron chi connectivity index (χ4n) is 2.99. The number of aromatic hydroxyl groups is 1. The van der Waals surface area contributed by atoms with E-state index >= 15 is 0 Å². The van der Waals surface area contributed by atoms with Crippen molar-refractivity contribution in [2.45, 2.75) is 52.5 Å². The molecule has 0 aliphatic heterocycles. The standard InChI is InChI=1S/C16H23NO2/c1-11-9-13(18)6-7-14(11)15(19)17-12-5-4-8-16(2,3)10-12/h6-7,9,12,18H,4-5,8,10H2,1-3H3,(H,17,19). The van der Waals surface area contributed by atoms with Crippen LogP contribution in [-0.2, 0) is 0 Å². The molecule has 1 aromatic carbocycles. The molecule has 0 saturated heterocycles. The molecule has 19 heavy (non-hydrogen) atoms. The second kappa shape index (κ2) is 5.24. The van der Waals surface area contributed by atoms with Gasteiger partial charge in [0.15, 0.2) is 0 Å². The van der Waals surface area contributed by atoms with Crippen LogP contribution in [0.3, 0.4) is 0 Å². The fourth-order valence-corrected chi connectivity index (χ4v) is 2.99. The highest BCUT2D eigenvalue weighted by Crippen LogP contribution is 2.35. The summed E-state index contributed by atoms with van der Waals surface area (Å²) >= 11 is 0. The van der Waals surface area contributed by atoms with Gasteiger partial charge in [0, 0.05) is 11.6 Å². The molecule has 1 aliphatic carbocycles. The lowest BCUT2D eigenvalue weighted by Crippen LogP contribution is -2.40. The number of benzene rings is 1. The van der Waals surface area contributed by atoms with E-state index in [1.165, 1.54) is 12.8 Å². The SMILES string of the molecule is Cc1cc(O)ccc1C(=O)NC1CCCC(C)(C)C1. The minimum absolute atomic E-state index is 0.0276. The van der Waals surface area contributed by atoms with Crippen LogP contribution >= 0.6 is 0 Å². The first-order valence-electron chi connectivity index (χ1n) is 6.98. The zero-order valence-corrected chi connectivity index (χ0v) is 12.0. The van der Waals surface area contributed by atoms with Gasteiger partial charge in [0.25, 0.3) is 5.91 Å². The smallest absolute Gasteiger partial charge is 0.251 e. The van der Waals surface area contributed by atoms with E-state index < -0.39 is 0 Å². The second-order valence-corrected chi connectivity index (χ2v) is 6.43. The van der Waals surface area contributed by atoms with E-state index in [9.17, 15) is 9.90 Å². The minimum Gasteiger partial charge on any atom is -0.508 e. The Morgan fingerprint density at radius 3 is 2.79 bits per heavy atom. The van der Waals surface area contributed by atoms with Gasteiger partial charge in [0.1, 0.15) is 5.75 Å². The number of nitrogens with one attached hydrogen (secondary N) is 1. The zero-order valence-electron chi connectivity index (χ0n) is 12.0. The quantitative estimate of drug-likeness (QED) is 0.857. The lowest BCUT2D eigenvalue weighted by atomic mass is 9.75. The number of carbonyl (C=O) groups excluding carboxylic acids is 1.